The molecule has 4 nitrogen and oxygen atoms in total. The van der Waals surface area contributed by atoms with Crippen molar-refractivity contribution in [3.63, 3.8) is 0 Å². The predicted molar refractivity (Wildman–Crippen MR) is 114 cm³/mol. The van der Waals surface area contributed by atoms with Gasteiger partial charge >= 0.3 is 6.03 Å². The molecule has 0 atom stereocenters. The van der Waals surface area contributed by atoms with Crippen molar-refractivity contribution in [2.45, 2.75) is 9.10 Å². The van der Waals surface area contributed by atoms with E-state index in [0.717, 1.165) is 23.5 Å². The molecule has 8 heteroatoms. The van der Waals surface area contributed by atoms with Crippen molar-refractivity contribution in [3.8, 4) is 0 Å². The lowest BCUT2D eigenvalue weighted by Gasteiger charge is -2.03. The van der Waals surface area contributed by atoms with Crippen LogP contribution < -0.4 is 10.7 Å². The van der Waals surface area contributed by atoms with Gasteiger partial charge in [-0.2, -0.15) is 5.10 Å². The van der Waals surface area contributed by atoms with E-state index in [1.807, 2.05) is 54.6 Å². The highest BCUT2D eigenvalue weighted by Crippen LogP contribution is 2.33. The van der Waals surface area contributed by atoms with Gasteiger partial charge in [-0.1, -0.05) is 45.4 Å². The highest BCUT2D eigenvalue weighted by Gasteiger charge is 2.03. The smallest absolute Gasteiger partial charge is 0.306 e. The van der Waals surface area contributed by atoms with E-state index < -0.39 is 6.03 Å². The normalized spacial score (nSPS) is 10.8. The molecule has 2 aromatic carbocycles. The topological polar surface area (TPSA) is 53.5 Å². The molecule has 0 unspecified atom stereocenters. The summed E-state index contributed by atoms with van der Waals surface area (Å²) in [5, 5.41) is 7.41. The molecule has 0 aliphatic carbocycles. The van der Waals surface area contributed by atoms with Crippen molar-refractivity contribution in [2.24, 2.45) is 5.10 Å². The average molecular weight is 467 g/mol. The molecule has 0 aliphatic heterocycles. The molecule has 0 spiro atoms. The molecule has 0 fully saturated rings. The molecule has 2 N–H and O–H groups in total. The van der Waals surface area contributed by atoms with Crippen LogP contribution in [0.1, 0.15) is 4.88 Å². The van der Waals surface area contributed by atoms with Crippen LogP contribution in [0.4, 0.5) is 10.5 Å². The molecule has 0 saturated heterocycles. The molecule has 0 aliphatic rings. The fraction of sp³-hybridized carbons (Fsp3) is 0. The van der Waals surface area contributed by atoms with Crippen molar-refractivity contribution < 1.29 is 4.79 Å². The van der Waals surface area contributed by atoms with Gasteiger partial charge in [0.2, 0.25) is 0 Å². The minimum absolute atomic E-state index is 0.397. The maximum atomic E-state index is 11.8. The van der Waals surface area contributed by atoms with Gasteiger partial charge in [-0.25, -0.2) is 10.2 Å². The zero-order chi connectivity index (χ0) is 18.4. The van der Waals surface area contributed by atoms with Gasteiger partial charge in [0.05, 0.1) is 10.4 Å². The monoisotopic (exact) mass is 465 g/mol. The van der Waals surface area contributed by atoms with E-state index in [1.165, 1.54) is 0 Å². The van der Waals surface area contributed by atoms with Crippen LogP contribution in [0, 0.1) is 0 Å². The number of amides is 2. The Balaban J connectivity index is 1.51. The summed E-state index contributed by atoms with van der Waals surface area (Å²) in [6.45, 7) is 0. The largest absolute Gasteiger partial charge is 0.339 e. The minimum Gasteiger partial charge on any atom is -0.306 e. The van der Waals surface area contributed by atoms with Crippen LogP contribution in [-0.4, -0.2) is 12.2 Å². The highest BCUT2D eigenvalue weighted by molar-refractivity contribution is 9.10. The second-order valence-electron chi connectivity index (χ2n) is 5.05. The number of hydrazone groups is 1. The molecule has 3 aromatic rings. The van der Waals surface area contributed by atoms with Crippen LogP contribution in [0.15, 0.2) is 79.3 Å². The first kappa shape index (κ1) is 19.0. The number of thiophene rings is 1. The molecule has 2 amide bonds. The van der Waals surface area contributed by atoms with Crippen LogP contribution in [0.25, 0.3) is 0 Å². The fourth-order valence-corrected chi connectivity index (χ4v) is 4.48. The number of carbonyl (C=O) groups excluding carboxylic acids is 1. The quantitative estimate of drug-likeness (QED) is 0.334. The lowest BCUT2D eigenvalue weighted by molar-refractivity contribution is 0.252. The van der Waals surface area contributed by atoms with Gasteiger partial charge in [-0.15, -0.1) is 11.3 Å². The zero-order valence-corrected chi connectivity index (χ0v) is 17.3. The molecule has 132 valence electrons. The lowest BCUT2D eigenvalue weighted by Crippen LogP contribution is -2.24. The average Bonchev–Trinajstić information content (AvgIpc) is 3.04. The molecule has 0 saturated carbocycles. The van der Waals surface area contributed by atoms with Gasteiger partial charge in [0.15, 0.2) is 0 Å². The van der Waals surface area contributed by atoms with Crippen LogP contribution >= 0.6 is 50.6 Å². The summed E-state index contributed by atoms with van der Waals surface area (Å²) in [5.74, 6) is 0. The fourth-order valence-electron chi connectivity index (χ4n) is 1.96. The second-order valence-corrected chi connectivity index (χ2v) is 8.89. The number of rotatable bonds is 5. The van der Waals surface area contributed by atoms with Gasteiger partial charge in [0.1, 0.15) is 0 Å². The summed E-state index contributed by atoms with van der Waals surface area (Å²) in [6, 6.07) is 18.6. The summed E-state index contributed by atoms with van der Waals surface area (Å²) in [6.07, 6.45) is 1.62. The number of hydrogen-bond donors (Lipinski definition) is 2. The highest BCUT2D eigenvalue weighted by atomic mass is 79.9. The number of halogens is 2. The summed E-state index contributed by atoms with van der Waals surface area (Å²) in [5.41, 5.74) is 3.14. The maximum absolute atomic E-state index is 11.8. The number of hydrogen-bond acceptors (Lipinski definition) is 4. The predicted octanol–water partition coefficient (Wildman–Crippen LogP) is 6.47. The van der Waals surface area contributed by atoms with Crippen molar-refractivity contribution in [2.75, 3.05) is 5.32 Å². The van der Waals surface area contributed by atoms with Crippen molar-refractivity contribution in [1.29, 1.82) is 0 Å². The Morgan fingerprint density at radius 2 is 1.96 bits per heavy atom. The summed E-state index contributed by atoms with van der Waals surface area (Å²) < 4.78 is 2.02. The molecule has 1 heterocycles. The third-order valence-corrected chi connectivity index (χ3v) is 5.98. The number of carbonyl (C=O) groups is 1. The molecular formula is C18H13BrClN3OS2. The Morgan fingerprint density at radius 1 is 1.15 bits per heavy atom. The van der Waals surface area contributed by atoms with Crippen LogP contribution in [0.5, 0.6) is 0 Å². The molecule has 1 aromatic heterocycles. The van der Waals surface area contributed by atoms with Gasteiger partial charge in [0, 0.05) is 25.0 Å². The Kier molecular flexibility index (Phi) is 6.73. The summed E-state index contributed by atoms with van der Waals surface area (Å²) >= 11 is 12.5. The third kappa shape index (κ3) is 5.88. The standard InChI is InChI=1S/C18H13BrClN3OS2/c19-12-2-1-3-14(10-12)22-18(24)23-21-11-16-8-9-17(26-16)25-15-6-4-13(20)5-7-15/h1-11H,(H2,22,23,24)/b21-11+. The Morgan fingerprint density at radius 3 is 2.73 bits per heavy atom. The first-order valence-electron chi connectivity index (χ1n) is 7.47. The van der Waals surface area contributed by atoms with E-state index in [1.54, 1.807) is 35.4 Å². The summed E-state index contributed by atoms with van der Waals surface area (Å²) in [4.78, 5) is 13.9. The van der Waals surface area contributed by atoms with Crippen molar-refractivity contribution in [1.82, 2.24) is 5.43 Å². The van der Waals surface area contributed by atoms with Crippen LogP contribution in [-0.2, 0) is 0 Å². The maximum Gasteiger partial charge on any atom is 0.339 e. The third-order valence-electron chi connectivity index (χ3n) is 3.07. The number of urea groups is 1. The van der Waals surface area contributed by atoms with E-state index in [9.17, 15) is 4.79 Å². The first-order chi connectivity index (χ1) is 12.6. The molecule has 3 rings (SSSR count). The second kappa shape index (κ2) is 9.23. The molecule has 0 radical (unpaired) electrons. The number of nitrogens with zero attached hydrogens (tertiary/aromatic N) is 1. The van der Waals surface area contributed by atoms with E-state index in [-0.39, 0.29) is 0 Å². The number of nitrogens with one attached hydrogen (secondary N) is 2. The van der Waals surface area contributed by atoms with E-state index in [2.05, 4.69) is 31.8 Å². The van der Waals surface area contributed by atoms with Gasteiger partial charge < -0.3 is 5.32 Å². The van der Waals surface area contributed by atoms with Crippen molar-refractivity contribution >= 4 is 68.6 Å². The van der Waals surface area contributed by atoms with E-state index in [0.29, 0.717) is 5.69 Å². The molecule has 0 bridgehead atoms. The molecular weight excluding hydrogens is 454 g/mol. The summed E-state index contributed by atoms with van der Waals surface area (Å²) in [7, 11) is 0. The van der Waals surface area contributed by atoms with Crippen LogP contribution in [0.3, 0.4) is 0 Å². The Bertz CT molecular complexity index is 928. The Hall–Kier alpha value is -1.80. The first-order valence-corrected chi connectivity index (χ1v) is 10.3. The van der Waals surface area contributed by atoms with Gasteiger partial charge in [0.25, 0.3) is 0 Å². The number of anilines is 1. The van der Waals surface area contributed by atoms with Gasteiger partial charge in [-0.05, 0) is 54.6 Å². The minimum atomic E-state index is -0.397. The van der Waals surface area contributed by atoms with Gasteiger partial charge in [-0.3, -0.25) is 0 Å². The van der Waals surface area contributed by atoms with Crippen molar-refractivity contribution in [3.05, 3.63) is 75.0 Å². The Labute approximate surface area is 172 Å². The van der Waals surface area contributed by atoms with E-state index >= 15 is 0 Å². The number of benzene rings is 2. The lowest BCUT2D eigenvalue weighted by atomic mass is 10.3. The van der Waals surface area contributed by atoms with Crippen LogP contribution in [0.2, 0.25) is 5.02 Å². The van der Waals surface area contributed by atoms with E-state index in [4.69, 9.17) is 11.6 Å². The zero-order valence-electron chi connectivity index (χ0n) is 13.3. The molecule has 26 heavy (non-hydrogen) atoms. The SMILES string of the molecule is O=C(N/N=C/c1ccc(Sc2ccc(Cl)cc2)s1)Nc1cccc(Br)c1.